The average molecular weight is 195 g/mol. The third-order valence-electron chi connectivity index (χ3n) is 1.73. The van der Waals surface area contributed by atoms with Gasteiger partial charge in [-0.15, -0.1) is 5.53 Å². The van der Waals surface area contributed by atoms with Crippen molar-refractivity contribution in [3.8, 4) is 0 Å². The normalized spacial score (nSPS) is 14.5. The van der Waals surface area contributed by atoms with Gasteiger partial charge in [-0.2, -0.15) is 0 Å². The van der Waals surface area contributed by atoms with Crippen LogP contribution in [0.4, 0.5) is 11.4 Å². The second-order valence-corrected chi connectivity index (χ2v) is 4.72. The molecule has 0 radical (unpaired) electrons. The van der Waals surface area contributed by atoms with Crippen molar-refractivity contribution >= 4 is 23.3 Å². The van der Waals surface area contributed by atoms with Crippen molar-refractivity contribution in [3.63, 3.8) is 0 Å². The van der Waals surface area contributed by atoms with Crippen molar-refractivity contribution in [2.45, 2.75) is 19.1 Å². The second kappa shape index (κ2) is 3.47. The number of hydrogen-bond acceptors (Lipinski definition) is 4. The first-order valence-corrected chi connectivity index (χ1v) is 5.18. The molecule has 0 aromatic heterocycles. The SMILES string of the molecule is CC(C)SN1NNc2ccccc21. The fourth-order valence-electron chi connectivity index (χ4n) is 1.22. The van der Waals surface area contributed by atoms with Crippen LogP contribution in [0.5, 0.6) is 0 Å². The van der Waals surface area contributed by atoms with E-state index < -0.39 is 0 Å². The molecule has 2 N–H and O–H groups in total. The van der Waals surface area contributed by atoms with Crippen molar-refractivity contribution in [2.75, 3.05) is 9.84 Å². The Morgan fingerprint density at radius 2 is 2.08 bits per heavy atom. The Kier molecular flexibility index (Phi) is 2.33. The van der Waals surface area contributed by atoms with E-state index in [9.17, 15) is 0 Å². The smallest absolute Gasteiger partial charge is 0.0911 e. The van der Waals surface area contributed by atoms with Crippen LogP contribution in [-0.2, 0) is 0 Å². The van der Waals surface area contributed by atoms with Crippen LogP contribution in [0.1, 0.15) is 13.8 Å². The molecular weight excluding hydrogens is 182 g/mol. The predicted molar refractivity (Wildman–Crippen MR) is 58.4 cm³/mol. The van der Waals surface area contributed by atoms with Crippen molar-refractivity contribution in [1.82, 2.24) is 5.53 Å². The third kappa shape index (κ3) is 1.73. The molecule has 0 atom stereocenters. The van der Waals surface area contributed by atoms with E-state index in [0.717, 1.165) is 5.69 Å². The summed E-state index contributed by atoms with van der Waals surface area (Å²) >= 11 is 1.76. The number of anilines is 2. The summed E-state index contributed by atoms with van der Waals surface area (Å²) in [6.07, 6.45) is 0. The Morgan fingerprint density at radius 3 is 2.85 bits per heavy atom. The van der Waals surface area contributed by atoms with Gasteiger partial charge in [-0.1, -0.05) is 26.0 Å². The fraction of sp³-hybridized carbons (Fsp3) is 0.333. The van der Waals surface area contributed by atoms with Crippen LogP contribution in [0.3, 0.4) is 0 Å². The molecule has 0 aliphatic carbocycles. The lowest BCUT2D eigenvalue weighted by Crippen LogP contribution is -2.31. The van der Waals surface area contributed by atoms with Gasteiger partial charge in [-0.05, 0) is 24.1 Å². The second-order valence-electron chi connectivity index (χ2n) is 3.20. The molecule has 0 bridgehead atoms. The molecule has 4 heteroatoms. The van der Waals surface area contributed by atoms with Gasteiger partial charge >= 0.3 is 0 Å². The van der Waals surface area contributed by atoms with E-state index >= 15 is 0 Å². The molecule has 2 rings (SSSR count). The molecular formula is C9H13N3S. The summed E-state index contributed by atoms with van der Waals surface area (Å²) in [6.45, 7) is 4.35. The molecule has 0 amide bonds. The zero-order chi connectivity index (χ0) is 9.26. The van der Waals surface area contributed by atoms with E-state index in [4.69, 9.17) is 0 Å². The molecule has 1 aliphatic rings. The van der Waals surface area contributed by atoms with Gasteiger partial charge in [0.15, 0.2) is 0 Å². The average Bonchev–Trinajstić information content (AvgIpc) is 2.48. The lowest BCUT2D eigenvalue weighted by Gasteiger charge is -2.17. The number of hydrogen-bond donors (Lipinski definition) is 2. The monoisotopic (exact) mass is 195 g/mol. The quantitative estimate of drug-likeness (QED) is 0.709. The molecule has 70 valence electrons. The summed E-state index contributed by atoms with van der Waals surface area (Å²) in [6, 6.07) is 8.22. The maximum Gasteiger partial charge on any atom is 0.0911 e. The third-order valence-corrected chi connectivity index (χ3v) is 2.65. The van der Waals surface area contributed by atoms with E-state index in [1.54, 1.807) is 11.9 Å². The Morgan fingerprint density at radius 1 is 1.31 bits per heavy atom. The molecule has 0 saturated heterocycles. The number of fused-ring (bicyclic) bond motifs is 1. The first-order chi connectivity index (χ1) is 6.27. The van der Waals surface area contributed by atoms with E-state index in [-0.39, 0.29) is 0 Å². The highest BCUT2D eigenvalue weighted by atomic mass is 32.2. The highest BCUT2D eigenvalue weighted by Crippen LogP contribution is 2.33. The number of para-hydroxylation sites is 2. The van der Waals surface area contributed by atoms with E-state index in [1.807, 2.05) is 12.1 Å². The Balaban J connectivity index is 2.18. The predicted octanol–water partition coefficient (Wildman–Crippen LogP) is 2.39. The number of rotatable bonds is 2. The van der Waals surface area contributed by atoms with Crippen LogP contribution in [-0.4, -0.2) is 5.25 Å². The van der Waals surface area contributed by atoms with Crippen LogP contribution in [0.25, 0.3) is 0 Å². The minimum Gasteiger partial charge on any atom is -0.301 e. The van der Waals surface area contributed by atoms with E-state index in [1.165, 1.54) is 5.69 Å². The molecule has 0 spiro atoms. The van der Waals surface area contributed by atoms with Crippen LogP contribution >= 0.6 is 11.9 Å². The number of hydrazine groups is 2. The van der Waals surface area contributed by atoms with Gasteiger partial charge in [0, 0.05) is 5.25 Å². The van der Waals surface area contributed by atoms with Crippen LogP contribution < -0.4 is 15.4 Å². The van der Waals surface area contributed by atoms with Gasteiger partial charge in [-0.3, -0.25) is 0 Å². The van der Waals surface area contributed by atoms with Gasteiger partial charge < -0.3 is 5.43 Å². The molecule has 13 heavy (non-hydrogen) atoms. The maximum absolute atomic E-state index is 3.11. The van der Waals surface area contributed by atoms with E-state index in [0.29, 0.717) is 5.25 Å². The molecule has 1 aromatic carbocycles. The number of nitrogens with zero attached hydrogens (tertiary/aromatic N) is 1. The van der Waals surface area contributed by atoms with Gasteiger partial charge in [0.2, 0.25) is 0 Å². The molecule has 3 nitrogen and oxygen atoms in total. The molecule has 0 fully saturated rings. The molecule has 1 aliphatic heterocycles. The lowest BCUT2D eigenvalue weighted by molar-refractivity contribution is 0.917. The number of nitrogens with one attached hydrogen (secondary N) is 2. The highest BCUT2D eigenvalue weighted by molar-refractivity contribution is 8.01. The summed E-state index contributed by atoms with van der Waals surface area (Å²) in [5.41, 5.74) is 8.54. The van der Waals surface area contributed by atoms with Crippen molar-refractivity contribution in [3.05, 3.63) is 24.3 Å². The summed E-state index contributed by atoms with van der Waals surface area (Å²) < 4.78 is 2.06. The van der Waals surface area contributed by atoms with Gasteiger partial charge in [-0.25, -0.2) is 4.41 Å². The lowest BCUT2D eigenvalue weighted by atomic mass is 10.3. The Hall–Kier alpha value is -0.870. The molecule has 1 heterocycles. The van der Waals surface area contributed by atoms with Gasteiger partial charge in [0.25, 0.3) is 0 Å². The summed E-state index contributed by atoms with van der Waals surface area (Å²) in [7, 11) is 0. The minimum absolute atomic E-state index is 0.570. The summed E-state index contributed by atoms with van der Waals surface area (Å²) in [5.74, 6) is 0. The van der Waals surface area contributed by atoms with Crippen LogP contribution in [0.15, 0.2) is 24.3 Å². The fourth-order valence-corrected chi connectivity index (χ4v) is 2.01. The van der Waals surface area contributed by atoms with Crippen molar-refractivity contribution in [1.29, 1.82) is 0 Å². The largest absolute Gasteiger partial charge is 0.301 e. The molecule has 0 saturated carbocycles. The summed E-state index contributed by atoms with van der Waals surface area (Å²) in [4.78, 5) is 0. The number of benzene rings is 1. The highest BCUT2D eigenvalue weighted by Gasteiger charge is 2.18. The first-order valence-electron chi connectivity index (χ1n) is 4.35. The van der Waals surface area contributed by atoms with Gasteiger partial charge in [0.1, 0.15) is 0 Å². The van der Waals surface area contributed by atoms with Crippen molar-refractivity contribution in [2.24, 2.45) is 0 Å². The van der Waals surface area contributed by atoms with Gasteiger partial charge in [0.05, 0.1) is 11.4 Å². The molecule has 1 aromatic rings. The van der Waals surface area contributed by atoms with Crippen LogP contribution in [0, 0.1) is 0 Å². The van der Waals surface area contributed by atoms with Crippen LogP contribution in [0.2, 0.25) is 0 Å². The zero-order valence-corrected chi connectivity index (χ0v) is 8.56. The standard InChI is InChI=1S/C9H13N3S/c1-7(2)13-12-9-6-4-3-5-8(9)10-11-12/h3-7,10-11H,1-2H3. The Labute approximate surface area is 82.6 Å². The Bertz CT molecular complexity index is 301. The topological polar surface area (TPSA) is 27.3 Å². The molecule has 0 unspecified atom stereocenters. The minimum atomic E-state index is 0.570. The van der Waals surface area contributed by atoms with Crippen molar-refractivity contribution < 1.29 is 0 Å². The first kappa shape index (κ1) is 8.72. The summed E-state index contributed by atoms with van der Waals surface area (Å²) in [5, 5.41) is 0.570. The van der Waals surface area contributed by atoms with E-state index in [2.05, 4.69) is 41.4 Å². The zero-order valence-electron chi connectivity index (χ0n) is 7.74. The maximum atomic E-state index is 3.11.